The van der Waals surface area contributed by atoms with E-state index in [4.69, 9.17) is 0 Å². The first-order chi connectivity index (χ1) is 10.6. The van der Waals surface area contributed by atoms with Crippen LogP contribution in [0.25, 0.3) is 10.9 Å². The van der Waals surface area contributed by atoms with Crippen molar-refractivity contribution in [2.24, 2.45) is 0 Å². The van der Waals surface area contributed by atoms with E-state index in [9.17, 15) is 0 Å². The minimum Gasteiger partial charge on any atom is -0.305 e. The van der Waals surface area contributed by atoms with E-state index in [-0.39, 0.29) is 0 Å². The molecule has 0 aliphatic rings. The summed E-state index contributed by atoms with van der Waals surface area (Å²) >= 11 is 0. The van der Waals surface area contributed by atoms with Crippen molar-refractivity contribution >= 4 is 10.9 Å². The Morgan fingerprint density at radius 2 is 2.00 bits per heavy atom. The topological polar surface area (TPSA) is 55.6 Å². The SMILES string of the molecule is Cc1cnn(C[C@H](C)NCc2nc(C)c3ccccc3n2)c1. The van der Waals surface area contributed by atoms with Crippen LogP contribution in [0.3, 0.4) is 0 Å². The molecule has 0 fully saturated rings. The van der Waals surface area contributed by atoms with E-state index < -0.39 is 0 Å². The molecule has 0 amide bonds. The molecule has 5 nitrogen and oxygen atoms in total. The van der Waals surface area contributed by atoms with Crippen LogP contribution in [-0.2, 0) is 13.1 Å². The van der Waals surface area contributed by atoms with Gasteiger partial charge in [0.1, 0.15) is 5.82 Å². The zero-order valence-electron chi connectivity index (χ0n) is 13.2. The van der Waals surface area contributed by atoms with Crippen molar-refractivity contribution in [3.8, 4) is 0 Å². The molecular weight excluding hydrogens is 274 g/mol. The third-order valence-corrected chi connectivity index (χ3v) is 3.67. The lowest BCUT2D eigenvalue weighted by Crippen LogP contribution is -2.30. The van der Waals surface area contributed by atoms with Crippen molar-refractivity contribution < 1.29 is 0 Å². The monoisotopic (exact) mass is 295 g/mol. The molecule has 0 bridgehead atoms. The van der Waals surface area contributed by atoms with Crippen LogP contribution >= 0.6 is 0 Å². The molecule has 0 spiro atoms. The Hall–Kier alpha value is -2.27. The summed E-state index contributed by atoms with van der Waals surface area (Å²) in [7, 11) is 0. The minimum absolute atomic E-state index is 0.301. The number of fused-ring (bicyclic) bond motifs is 1. The molecule has 0 radical (unpaired) electrons. The molecule has 0 saturated heterocycles. The quantitative estimate of drug-likeness (QED) is 0.786. The van der Waals surface area contributed by atoms with Crippen molar-refractivity contribution in [2.45, 2.75) is 39.9 Å². The normalized spacial score (nSPS) is 12.7. The summed E-state index contributed by atoms with van der Waals surface area (Å²) in [6, 6.07) is 8.42. The van der Waals surface area contributed by atoms with Crippen LogP contribution in [0.2, 0.25) is 0 Å². The summed E-state index contributed by atoms with van der Waals surface area (Å²) in [5, 5.41) is 8.89. The number of nitrogens with zero attached hydrogens (tertiary/aromatic N) is 4. The molecule has 1 aromatic carbocycles. The highest BCUT2D eigenvalue weighted by molar-refractivity contribution is 5.80. The number of hydrogen-bond donors (Lipinski definition) is 1. The van der Waals surface area contributed by atoms with Crippen molar-refractivity contribution in [3.05, 3.63) is 53.7 Å². The highest BCUT2D eigenvalue weighted by atomic mass is 15.3. The molecule has 0 aliphatic heterocycles. The van der Waals surface area contributed by atoms with Crippen LogP contribution in [-0.4, -0.2) is 25.8 Å². The third-order valence-electron chi connectivity index (χ3n) is 3.67. The summed E-state index contributed by atoms with van der Waals surface area (Å²) in [6.07, 6.45) is 3.93. The fourth-order valence-electron chi connectivity index (χ4n) is 2.55. The van der Waals surface area contributed by atoms with Gasteiger partial charge in [0.25, 0.3) is 0 Å². The smallest absolute Gasteiger partial charge is 0.143 e. The van der Waals surface area contributed by atoms with Crippen LogP contribution in [0.15, 0.2) is 36.7 Å². The maximum atomic E-state index is 4.62. The van der Waals surface area contributed by atoms with Gasteiger partial charge in [-0.2, -0.15) is 5.10 Å². The molecule has 0 saturated carbocycles. The van der Waals surface area contributed by atoms with E-state index in [1.54, 1.807) is 0 Å². The Kier molecular flexibility index (Phi) is 4.15. The Bertz CT molecular complexity index is 778. The first kappa shape index (κ1) is 14.7. The van der Waals surface area contributed by atoms with Gasteiger partial charge in [0, 0.05) is 23.3 Å². The highest BCUT2D eigenvalue weighted by Crippen LogP contribution is 2.14. The standard InChI is InChI=1S/C17H21N5/c1-12-8-19-22(10-12)11-13(2)18-9-17-20-14(3)15-6-4-5-7-16(15)21-17/h4-8,10,13,18H,9,11H2,1-3H3/t13-/m0/s1. The van der Waals surface area contributed by atoms with Gasteiger partial charge >= 0.3 is 0 Å². The Morgan fingerprint density at radius 1 is 1.18 bits per heavy atom. The first-order valence-corrected chi connectivity index (χ1v) is 7.56. The van der Waals surface area contributed by atoms with Crippen molar-refractivity contribution in [3.63, 3.8) is 0 Å². The molecular formula is C17H21N5. The molecule has 3 rings (SSSR count). The van der Waals surface area contributed by atoms with Gasteiger partial charge in [-0.05, 0) is 32.4 Å². The van der Waals surface area contributed by atoms with Crippen LogP contribution in [0.5, 0.6) is 0 Å². The number of nitrogens with one attached hydrogen (secondary N) is 1. The fourth-order valence-corrected chi connectivity index (χ4v) is 2.55. The summed E-state index contributed by atoms with van der Waals surface area (Å²) in [4.78, 5) is 9.21. The number of hydrogen-bond acceptors (Lipinski definition) is 4. The second-order valence-electron chi connectivity index (χ2n) is 5.76. The predicted molar refractivity (Wildman–Crippen MR) is 87.5 cm³/mol. The number of aryl methyl sites for hydroxylation is 2. The van der Waals surface area contributed by atoms with Gasteiger partial charge in [-0.1, -0.05) is 18.2 Å². The second-order valence-corrected chi connectivity index (χ2v) is 5.76. The highest BCUT2D eigenvalue weighted by Gasteiger charge is 2.07. The maximum Gasteiger partial charge on any atom is 0.143 e. The second kappa shape index (κ2) is 6.23. The molecule has 1 atom stereocenters. The zero-order chi connectivity index (χ0) is 15.5. The van der Waals surface area contributed by atoms with Crippen LogP contribution in [0.1, 0.15) is 24.0 Å². The van der Waals surface area contributed by atoms with E-state index in [0.29, 0.717) is 12.6 Å². The van der Waals surface area contributed by atoms with Crippen LogP contribution in [0.4, 0.5) is 0 Å². The number of rotatable bonds is 5. The van der Waals surface area contributed by atoms with E-state index >= 15 is 0 Å². The van der Waals surface area contributed by atoms with Crippen molar-refractivity contribution in [1.82, 2.24) is 25.1 Å². The van der Waals surface area contributed by atoms with E-state index in [0.717, 1.165) is 29.0 Å². The minimum atomic E-state index is 0.301. The molecule has 3 aromatic rings. The summed E-state index contributed by atoms with van der Waals surface area (Å²) in [5.74, 6) is 0.833. The van der Waals surface area contributed by atoms with E-state index in [1.807, 2.05) is 42.9 Å². The van der Waals surface area contributed by atoms with E-state index in [1.165, 1.54) is 5.56 Å². The Morgan fingerprint density at radius 3 is 2.77 bits per heavy atom. The molecule has 114 valence electrons. The van der Waals surface area contributed by atoms with Crippen LogP contribution < -0.4 is 5.32 Å². The number of para-hydroxylation sites is 1. The summed E-state index contributed by atoms with van der Waals surface area (Å²) in [5.41, 5.74) is 3.21. The average Bonchev–Trinajstić information content (AvgIpc) is 2.90. The van der Waals surface area contributed by atoms with Gasteiger partial charge in [0.2, 0.25) is 0 Å². The van der Waals surface area contributed by atoms with Crippen LogP contribution in [0, 0.1) is 13.8 Å². The zero-order valence-corrected chi connectivity index (χ0v) is 13.2. The van der Waals surface area contributed by atoms with Gasteiger partial charge in [0.15, 0.2) is 0 Å². The molecule has 1 N–H and O–H groups in total. The van der Waals surface area contributed by atoms with Crippen molar-refractivity contribution in [1.29, 1.82) is 0 Å². The summed E-state index contributed by atoms with van der Waals surface area (Å²) in [6.45, 7) is 7.72. The molecule has 0 aliphatic carbocycles. The lowest BCUT2D eigenvalue weighted by atomic mass is 10.2. The van der Waals surface area contributed by atoms with Gasteiger partial charge in [0.05, 0.1) is 24.8 Å². The molecule has 2 heterocycles. The first-order valence-electron chi connectivity index (χ1n) is 7.56. The maximum absolute atomic E-state index is 4.62. The molecule has 2 aromatic heterocycles. The predicted octanol–water partition coefficient (Wildman–Crippen LogP) is 2.62. The average molecular weight is 295 g/mol. The third kappa shape index (κ3) is 3.31. The van der Waals surface area contributed by atoms with Gasteiger partial charge in [-0.3, -0.25) is 4.68 Å². The van der Waals surface area contributed by atoms with Gasteiger partial charge in [-0.15, -0.1) is 0 Å². The Labute approximate surface area is 130 Å². The summed E-state index contributed by atoms with van der Waals surface area (Å²) < 4.78 is 1.96. The lowest BCUT2D eigenvalue weighted by Gasteiger charge is -2.14. The molecule has 5 heteroatoms. The molecule has 22 heavy (non-hydrogen) atoms. The van der Waals surface area contributed by atoms with Gasteiger partial charge < -0.3 is 5.32 Å². The fraction of sp³-hybridized carbons (Fsp3) is 0.353. The van der Waals surface area contributed by atoms with E-state index in [2.05, 4.69) is 39.6 Å². The largest absolute Gasteiger partial charge is 0.305 e. The Balaban J connectivity index is 1.66. The lowest BCUT2D eigenvalue weighted by molar-refractivity contribution is 0.445. The number of benzene rings is 1. The number of aromatic nitrogens is 4. The van der Waals surface area contributed by atoms with Gasteiger partial charge in [-0.25, -0.2) is 9.97 Å². The van der Waals surface area contributed by atoms with Crippen molar-refractivity contribution in [2.75, 3.05) is 0 Å². The molecule has 0 unspecified atom stereocenters.